The molecule has 1 unspecified atom stereocenters. The number of hydrogen-bond acceptors (Lipinski definition) is 5. The molecular formula is C24H19FN4OS. The third-order valence-electron chi connectivity index (χ3n) is 5.16. The van der Waals surface area contributed by atoms with Gasteiger partial charge in [-0.2, -0.15) is 0 Å². The fourth-order valence-electron chi connectivity index (χ4n) is 3.61. The second-order valence-corrected chi connectivity index (χ2v) is 8.37. The van der Waals surface area contributed by atoms with Crippen LogP contribution in [0.3, 0.4) is 0 Å². The summed E-state index contributed by atoms with van der Waals surface area (Å²) in [7, 11) is 0. The number of amides is 1. The molecule has 0 spiro atoms. The van der Waals surface area contributed by atoms with Crippen molar-refractivity contribution in [3.63, 3.8) is 0 Å². The van der Waals surface area contributed by atoms with Crippen molar-refractivity contribution in [2.24, 2.45) is 10.1 Å². The van der Waals surface area contributed by atoms with E-state index in [0.717, 1.165) is 5.56 Å². The molecule has 2 heterocycles. The summed E-state index contributed by atoms with van der Waals surface area (Å²) in [5.41, 5.74) is 3.38. The molecular weight excluding hydrogens is 411 g/mol. The Labute approximate surface area is 183 Å². The molecule has 0 radical (unpaired) electrons. The van der Waals surface area contributed by atoms with Crippen LogP contribution in [0.25, 0.3) is 5.70 Å². The lowest BCUT2D eigenvalue weighted by atomic mass is 10.1. The molecule has 31 heavy (non-hydrogen) atoms. The van der Waals surface area contributed by atoms with Crippen molar-refractivity contribution in [3.8, 4) is 0 Å². The summed E-state index contributed by atoms with van der Waals surface area (Å²) in [6.45, 7) is 2.05. The van der Waals surface area contributed by atoms with Crippen molar-refractivity contribution in [1.29, 1.82) is 0 Å². The van der Waals surface area contributed by atoms with E-state index in [4.69, 9.17) is 10.1 Å². The summed E-state index contributed by atoms with van der Waals surface area (Å²) in [5, 5.41) is 11.1. The Morgan fingerprint density at radius 3 is 2.68 bits per heavy atom. The lowest BCUT2D eigenvalue weighted by Gasteiger charge is -2.34. The number of carbonyl (C=O) groups excluding carboxylic acids is 1. The maximum atomic E-state index is 13.9. The van der Waals surface area contributed by atoms with E-state index in [1.165, 1.54) is 29.5 Å². The zero-order chi connectivity index (χ0) is 21.4. The highest BCUT2D eigenvalue weighted by Gasteiger charge is 2.34. The topological polar surface area (TPSA) is 57.1 Å². The summed E-state index contributed by atoms with van der Waals surface area (Å²) in [6.07, 6.45) is -0.623. The van der Waals surface area contributed by atoms with Crippen LogP contribution in [0.5, 0.6) is 0 Å². The quantitative estimate of drug-likeness (QED) is 0.694. The fourth-order valence-corrected chi connectivity index (χ4v) is 4.42. The van der Waals surface area contributed by atoms with Crippen molar-refractivity contribution in [1.82, 2.24) is 10.3 Å². The van der Waals surface area contributed by atoms with Gasteiger partial charge in [-0.1, -0.05) is 71.9 Å². The maximum absolute atomic E-state index is 13.9. The molecule has 2 aliphatic heterocycles. The van der Waals surface area contributed by atoms with Crippen LogP contribution in [-0.4, -0.2) is 16.1 Å². The number of hydrogen-bond donors (Lipinski definition) is 1. The van der Waals surface area contributed by atoms with E-state index in [-0.39, 0.29) is 11.7 Å². The van der Waals surface area contributed by atoms with Gasteiger partial charge in [0.25, 0.3) is 5.91 Å². The third-order valence-corrected chi connectivity index (χ3v) is 6.09. The first-order valence-corrected chi connectivity index (χ1v) is 10.9. The van der Waals surface area contributed by atoms with Crippen LogP contribution in [0, 0.1) is 12.7 Å². The lowest BCUT2D eigenvalue weighted by Crippen LogP contribution is -2.50. The van der Waals surface area contributed by atoms with Gasteiger partial charge in [0.2, 0.25) is 0 Å². The van der Waals surface area contributed by atoms with Crippen molar-refractivity contribution < 1.29 is 9.18 Å². The van der Waals surface area contributed by atoms with Crippen LogP contribution < -0.4 is 15.9 Å². The first-order chi connectivity index (χ1) is 15.1. The summed E-state index contributed by atoms with van der Waals surface area (Å²) >= 11 is 1.44. The van der Waals surface area contributed by atoms with Gasteiger partial charge in [-0.3, -0.25) is 15.1 Å². The Kier molecular flexibility index (Phi) is 5.03. The molecule has 3 aromatic carbocycles. The normalized spacial score (nSPS) is 17.3. The van der Waals surface area contributed by atoms with Crippen LogP contribution in [0.4, 0.5) is 4.39 Å². The Morgan fingerprint density at radius 1 is 1.06 bits per heavy atom. The van der Waals surface area contributed by atoms with Crippen molar-refractivity contribution in [2.45, 2.75) is 18.8 Å². The molecule has 0 aliphatic carbocycles. The van der Waals surface area contributed by atoms with E-state index in [9.17, 15) is 9.18 Å². The standard InChI is InChI=1S/C24H19FN4OS/c1-15-9-11-16(12-10-15)14-31-24-27-23(30)21-19-7-2-3-8-20(19)26-22(29(21)28-24)17-5-4-6-18(25)13-17/h2-13,22H,14H2,1H3,(H,27,28,30). The van der Waals surface area contributed by atoms with Crippen molar-refractivity contribution >= 4 is 28.5 Å². The highest BCUT2D eigenvalue weighted by molar-refractivity contribution is 8.13. The summed E-state index contributed by atoms with van der Waals surface area (Å²) < 4.78 is 13.9. The molecule has 154 valence electrons. The number of carbonyl (C=O) groups is 1. The molecule has 0 saturated carbocycles. The molecule has 5 rings (SSSR count). The van der Waals surface area contributed by atoms with Gasteiger partial charge in [-0.25, -0.2) is 9.40 Å². The molecule has 2 aliphatic rings. The second-order valence-electron chi connectivity index (χ2n) is 7.40. The number of para-hydroxylation sites is 1. The highest BCUT2D eigenvalue weighted by atomic mass is 32.2. The van der Waals surface area contributed by atoms with Gasteiger partial charge in [-0.05, 0) is 30.7 Å². The molecule has 7 heteroatoms. The zero-order valence-electron chi connectivity index (χ0n) is 16.7. The summed E-state index contributed by atoms with van der Waals surface area (Å²) in [6, 6.07) is 21.9. The molecule has 1 atom stereocenters. The second kappa shape index (κ2) is 8.00. The lowest BCUT2D eigenvalue weighted by molar-refractivity contribution is -0.116. The molecule has 0 fully saturated rings. The van der Waals surface area contributed by atoms with Crippen LogP contribution in [0.2, 0.25) is 0 Å². The fraction of sp³-hybridized carbons (Fsp3) is 0.125. The minimum atomic E-state index is -0.623. The Balaban J connectivity index is 1.55. The van der Waals surface area contributed by atoms with Gasteiger partial charge in [0.15, 0.2) is 11.3 Å². The van der Waals surface area contributed by atoms with E-state index in [1.807, 2.05) is 31.2 Å². The number of nitrogens with zero attached hydrogens (tertiary/aromatic N) is 3. The predicted octanol–water partition coefficient (Wildman–Crippen LogP) is 3.21. The van der Waals surface area contributed by atoms with E-state index < -0.39 is 6.17 Å². The largest absolute Gasteiger partial charge is 0.298 e. The molecule has 1 amide bonds. The summed E-state index contributed by atoms with van der Waals surface area (Å²) in [4.78, 5) is 17.9. The maximum Gasteiger partial charge on any atom is 0.276 e. The van der Waals surface area contributed by atoms with Crippen LogP contribution in [0.15, 0.2) is 82.9 Å². The smallest absolute Gasteiger partial charge is 0.276 e. The first-order valence-electron chi connectivity index (χ1n) is 9.89. The molecule has 0 aromatic heterocycles. The highest BCUT2D eigenvalue weighted by Crippen LogP contribution is 2.31. The Morgan fingerprint density at radius 2 is 1.87 bits per heavy atom. The van der Waals surface area contributed by atoms with Crippen LogP contribution >= 0.6 is 11.8 Å². The SMILES string of the molecule is Cc1ccc(CSC2=NN3C(=c4ccccc4=NC3c3cccc(F)c3)C(=O)N2)cc1. The minimum absolute atomic E-state index is 0.245. The minimum Gasteiger partial charge on any atom is -0.298 e. The van der Waals surface area contributed by atoms with Gasteiger partial charge in [0, 0.05) is 16.5 Å². The molecule has 5 nitrogen and oxygen atoms in total. The van der Waals surface area contributed by atoms with Crippen LogP contribution in [0.1, 0.15) is 22.9 Å². The van der Waals surface area contributed by atoms with E-state index in [0.29, 0.717) is 32.8 Å². The number of halogens is 1. The van der Waals surface area contributed by atoms with Gasteiger partial charge >= 0.3 is 0 Å². The first kappa shape index (κ1) is 19.5. The number of rotatable bonds is 3. The molecule has 0 saturated heterocycles. The monoisotopic (exact) mass is 430 g/mol. The zero-order valence-corrected chi connectivity index (χ0v) is 17.6. The molecule has 0 bridgehead atoms. The number of aryl methyl sites for hydroxylation is 1. The summed E-state index contributed by atoms with van der Waals surface area (Å²) in [5.74, 6) is 0.0682. The molecule has 3 aromatic rings. The molecule has 1 N–H and O–H groups in total. The Hall–Kier alpha value is -3.45. The number of amidine groups is 1. The van der Waals surface area contributed by atoms with Crippen molar-refractivity contribution in [2.75, 3.05) is 0 Å². The van der Waals surface area contributed by atoms with E-state index >= 15 is 0 Å². The van der Waals surface area contributed by atoms with E-state index in [2.05, 4.69) is 29.6 Å². The third kappa shape index (κ3) is 3.84. The number of fused-ring (bicyclic) bond motifs is 2. The van der Waals surface area contributed by atoms with Gasteiger partial charge in [0.05, 0.1) is 5.36 Å². The van der Waals surface area contributed by atoms with E-state index in [1.54, 1.807) is 17.1 Å². The number of hydrazone groups is 1. The van der Waals surface area contributed by atoms with Crippen LogP contribution in [-0.2, 0) is 10.5 Å². The van der Waals surface area contributed by atoms with Gasteiger partial charge < -0.3 is 0 Å². The Bertz CT molecular complexity index is 1320. The number of benzene rings is 3. The van der Waals surface area contributed by atoms with Gasteiger partial charge in [-0.15, -0.1) is 5.10 Å². The number of thioether (sulfide) groups is 1. The van der Waals surface area contributed by atoms with Crippen molar-refractivity contribution in [3.05, 3.63) is 106 Å². The average molecular weight is 431 g/mol. The van der Waals surface area contributed by atoms with Gasteiger partial charge in [0.1, 0.15) is 11.5 Å². The number of nitrogens with one attached hydrogen (secondary N) is 1. The average Bonchev–Trinajstić information content (AvgIpc) is 2.78. The predicted molar refractivity (Wildman–Crippen MR) is 120 cm³/mol.